The van der Waals surface area contributed by atoms with Crippen molar-refractivity contribution in [3.63, 3.8) is 0 Å². The van der Waals surface area contributed by atoms with Crippen molar-refractivity contribution in [3.8, 4) is 0 Å². The van der Waals surface area contributed by atoms with Crippen LogP contribution in [0.5, 0.6) is 0 Å². The maximum Gasteiger partial charge on any atom is 0.306 e. The third kappa shape index (κ3) is 43.7. The van der Waals surface area contributed by atoms with Crippen molar-refractivity contribution in [1.29, 1.82) is 0 Å². The Balaban J connectivity index is 3.32. The second-order valence-corrected chi connectivity index (χ2v) is 16.2. The molecule has 51 heavy (non-hydrogen) atoms. The van der Waals surface area contributed by atoms with Crippen molar-refractivity contribution in [1.82, 2.24) is 0 Å². The van der Waals surface area contributed by atoms with E-state index in [9.17, 15) is 9.90 Å². The fraction of sp³-hybridized carbons (Fsp3) is 0.979. The molecule has 0 radical (unpaired) electrons. The summed E-state index contributed by atoms with van der Waals surface area (Å²) in [6.45, 7) is 5.41. The lowest BCUT2D eigenvalue weighted by Gasteiger charge is -2.16. The molecule has 1 atom stereocenters. The van der Waals surface area contributed by atoms with E-state index in [0.717, 1.165) is 19.3 Å². The second-order valence-electron chi connectivity index (χ2n) is 16.2. The van der Waals surface area contributed by atoms with Gasteiger partial charge in [-0.05, 0) is 12.8 Å². The maximum absolute atomic E-state index is 12.2. The van der Waals surface area contributed by atoms with Crippen LogP contribution in [0.15, 0.2) is 0 Å². The molecule has 0 aromatic heterocycles. The maximum atomic E-state index is 12.2. The van der Waals surface area contributed by atoms with E-state index < -0.39 is 6.10 Å². The number of carbonyl (C=O) groups is 1. The van der Waals surface area contributed by atoms with Gasteiger partial charge < -0.3 is 14.6 Å². The van der Waals surface area contributed by atoms with Crippen LogP contribution in [-0.2, 0) is 14.3 Å². The van der Waals surface area contributed by atoms with Crippen molar-refractivity contribution in [2.75, 3.05) is 19.8 Å². The van der Waals surface area contributed by atoms with E-state index in [0.29, 0.717) is 19.6 Å². The number of carbonyl (C=O) groups excluding carboxylic acids is 1. The van der Waals surface area contributed by atoms with Gasteiger partial charge in [0.15, 0.2) is 0 Å². The van der Waals surface area contributed by atoms with Crippen LogP contribution in [0.2, 0.25) is 0 Å². The van der Waals surface area contributed by atoms with Gasteiger partial charge in [-0.2, -0.15) is 0 Å². The number of hydrogen-bond acceptors (Lipinski definition) is 4. The van der Waals surface area contributed by atoms with Crippen molar-refractivity contribution in [2.45, 2.75) is 277 Å². The Hall–Kier alpha value is -0.610. The standard InChI is InChI=1S/C47H94O4/c1-3-5-7-9-11-13-15-17-19-20-21-22-23-24-25-26-27-28-29-30-32-34-36-38-40-42-47(49)51-46(44-48)45-50-43-41-39-37-35-33-31-18-16-14-12-10-8-6-4-2/h46,48H,3-45H2,1-2H3. The predicted octanol–water partition coefficient (Wildman–Crippen LogP) is 15.6. The van der Waals surface area contributed by atoms with Gasteiger partial charge in [0, 0.05) is 13.0 Å². The average molecular weight is 723 g/mol. The van der Waals surface area contributed by atoms with Crippen LogP contribution in [0.1, 0.15) is 271 Å². The topological polar surface area (TPSA) is 55.8 Å². The first kappa shape index (κ1) is 50.4. The smallest absolute Gasteiger partial charge is 0.306 e. The molecule has 0 rings (SSSR count). The van der Waals surface area contributed by atoms with Crippen LogP contribution in [0.3, 0.4) is 0 Å². The average Bonchev–Trinajstić information content (AvgIpc) is 3.14. The van der Waals surface area contributed by atoms with Crippen molar-refractivity contribution in [3.05, 3.63) is 0 Å². The van der Waals surface area contributed by atoms with Crippen LogP contribution in [0.4, 0.5) is 0 Å². The summed E-state index contributed by atoms with van der Waals surface area (Å²) in [4.78, 5) is 12.2. The zero-order valence-electron chi connectivity index (χ0n) is 35.2. The monoisotopic (exact) mass is 723 g/mol. The zero-order valence-corrected chi connectivity index (χ0v) is 35.2. The number of rotatable bonds is 45. The molecular weight excluding hydrogens is 629 g/mol. The molecule has 0 aliphatic heterocycles. The molecule has 4 heteroatoms. The lowest BCUT2D eigenvalue weighted by Crippen LogP contribution is -2.27. The molecule has 306 valence electrons. The highest BCUT2D eigenvalue weighted by atomic mass is 16.6. The van der Waals surface area contributed by atoms with Gasteiger partial charge in [0.2, 0.25) is 0 Å². The van der Waals surface area contributed by atoms with Crippen LogP contribution in [0.25, 0.3) is 0 Å². The van der Waals surface area contributed by atoms with Gasteiger partial charge in [0.25, 0.3) is 0 Å². The largest absolute Gasteiger partial charge is 0.457 e. The fourth-order valence-corrected chi connectivity index (χ4v) is 7.39. The highest BCUT2D eigenvalue weighted by Gasteiger charge is 2.13. The number of hydrogen-bond donors (Lipinski definition) is 1. The Kier molecular flexibility index (Phi) is 45.0. The van der Waals surface area contributed by atoms with Gasteiger partial charge in [-0.25, -0.2) is 0 Å². The first-order valence-corrected chi connectivity index (χ1v) is 23.6. The molecule has 1 unspecified atom stereocenters. The van der Waals surface area contributed by atoms with Gasteiger partial charge in [-0.15, -0.1) is 0 Å². The van der Waals surface area contributed by atoms with E-state index in [-0.39, 0.29) is 12.6 Å². The highest BCUT2D eigenvalue weighted by Crippen LogP contribution is 2.17. The van der Waals surface area contributed by atoms with Gasteiger partial charge in [-0.3, -0.25) is 4.79 Å². The molecule has 0 saturated carbocycles. The van der Waals surface area contributed by atoms with Crippen LogP contribution in [-0.4, -0.2) is 37.0 Å². The quantitative estimate of drug-likeness (QED) is 0.0502. The van der Waals surface area contributed by atoms with E-state index in [1.165, 1.54) is 231 Å². The predicted molar refractivity (Wildman–Crippen MR) is 224 cm³/mol. The van der Waals surface area contributed by atoms with Crippen LogP contribution >= 0.6 is 0 Å². The Morgan fingerprint density at radius 2 is 0.647 bits per heavy atom. The van der Waals surface area contributed by atoms with E-state index >= 15 is 0 Å². The van der Waals surface area contributed by atoms with Gasteiger partial charge in [0.05, 0.1) is 13.2 Å². The second kappa shape index (κ2) is 45.5. The number of ether oxygens (including phenoxy) is 2. The Morgan fingerprint density at radius 3 is 0.922 bits per heavy atom. The van der Waals surface area contributed by atoms with E-state index in [4.69, 9.17) is 9.47 Å². The minimum absolute atomic E-state index is 0.163. The zero-order chi connectivity index (χ0) is 37.0. The Morgan fingerprint density at radius 1 is 0.392 bits per heavy atom. The summed E-state index contributed by atoms with van der Waals surface area (Å²) in [6, 6.07) is 0. The third-order valence-electron chi connectivity index (χ3n) is 10.9. The van der Waals surface area contributed by atoms with Gasteiger partial charge >= 0.3 is 5.97 Å². The molecule has 0 bridgehead atoms. The number of aliphatic hydroxyl groups excluding tert-OH is 1. The normalized spacial score (nSPS) is 12.1. The first-order valence-electron chi connectivity index (χ1n) is 23.6. The summed E-state index contributed by atoms with van der Waals surface area (Å²) < 4.78 is 11.2. The number of unbranched alkanes of at least 4 members (excludes halogenated alkanes) is 37. The van der Waals surface area contributed by atoms with Crippen molar-refractivity contribution >= 4 is 5.97 Å². The van der Waals surface area contributed by atoms with Crippen molar-refractivity contribution < 1.29 is 19.4 Å². The van der Waals surface area contributed by atoms with Crippen LogP contribution in [0, 0.1) is 0 Å². The van der Waals surface area contributed by atoms with E-state index in [2.05, 4.69) is 13.8 Å². The number of esters is 1. The first-order chi connectivity index (χ1) is 25.2. The summed E-state index contributed by atoms with van der Waals surface area (Å²) in [5.41, 5.74) is 0. The van der Waals surface area contributed by atoms with Gasteiger partial charge in [-0.1, -0.05) is 251 Å². The lowest BCUT2D eigenvalue weighted by molar-refractivity contribution is -0.154. The summed E-state index contributed by atoms with van der Waals surface area (Å²) in [5.74, 6) is -0.191. The fourth-order valence-electron chi connectivity index (χ4n) is 7.39. The third-order valence-corrected chi connectivity index (χ3v) is 10.9. The molecule has 4 nitrogen and oxygen atoms in total. The minimum Gasteiger partial charge on any atom is -0.457 e. The van der Waals surface area contributed by atoms with Gasteiger partial charge in [0.1, 0.15) is 6.10 Å². The molecule has 0 aliphatic carbocycles. The summed E-state index contributed by atoms with van der Waals surface area (Å²) in [6.07, 6.45) is 53.3. The molecule has 0 amide bonds. The van der Waals surface area contributed by atoms with E-state index in [1.807, 2.05) is 0 Å². The molecule has 0 aliphatic rings. The molecule has 0 spiro atoms. The molecule has 1 N–H and O–H groups in total. The number of aliphatic hydroxyl groups is 1. The highest BCUT2D eigenvalue weighted by molar-refractivity contribution is 5.69. The molecule has 0 aromatic carbocycles. The molecule has 0 fully saturated rings. The SMILES string of the molecule is CCCCCCCCCCCCCCCCCCCCCCCCCCCC(=O)OC(CO)COCCCCCCCCCCCCCCCC. The Bertz CT molecular complexity index is 638. The lowest BCUT2D eigenvalue weighted by atomic mass is 10.0. The summed E-state index contributed by atoms with van der Waals surface area (Å²) >= 11 is 0. The van der Waals surface area contributed by atoms with Crippen molar-refractivity contribution in [2.24, 2.45) is 0 Å². The Labute approximate surface area is 321 Å². The minimum atomic E-state index is -0.525. The molecule has 0 saturated heterocycles. The molecule has 0 heterocycles. The molecule has 0 aromatic rings. The summed E-state index contributed by atoms with van der Waals surface area (Å²) in [5, 5.41) is 9.61. The van der Waals surface area contributed by atoms with Crippen LogP contribution < -0.4 is 0 Å². The molecular formula is C47H94O4. The van der Waals surface area contributed by atoms with E-state index in [1.54, 1.807) is 0 Å². The summed E-state index contributed by atoms with van der Waals surface area (Å²) in [7, 11) is 0.